The Labute approximate surface area is 106 Å². The molecule has 1 unspecified atom stereocenters. The third kappa shape index (κ3) is 2.95. The summed E-state index contributed by atoms with van der Waals surface area (Å²) < 4.78 is 1.73. The molecule has 1 aromatic heterocycles. The van der Waals surface area contributed by atoms with Gasteiger partial charge < -0.3 is 10.3 Å². The first kappa shape index (κ1) is 12.3. The molecule has 2 aromatic rings. The molecule has 0 aliphatic heterocycles. The summed E-state index contributed by atoms with van der Waals surface area (Å²) in [7, 11) is 1.81. The van der Waals surface area contributed by atoms with E-state index in [0.29, 0.717) is 12.4 Å². The summed E-state index contributed by atoms with van der Waals surface area (Å²) >= 11 is 0. The Morgan fingerprint density at radius 2 is 2.17 bits per heavy atom. The van der Waals surface area contributed by atoms with Crippen LogP contribution in [-0.2, 0) is 18.3 Å². The number of nitrogens with zero attached hydrogens (tertiary/aromatic N) is 2. The van der Waals surface area contributed by atoms with Crippen LogP contribution in [0.15, 0.2) is 42.7 Å². The van der Waals surface area contributed by atoms with Gasteiger partial charge in [0.2, 0.25) is 11.9 Å². The van der Waals surface area contributed by atoms with Crippen LogP contribution < -0.4 is 11.1 Å². The van der Waals surface area contributed by atoms with Crippen molar-refractivity contribution >= 4 is 11.9 Å². The predicted octanol–water partition coefficient (Wildman–Crippen LogP) is 0.929. The molecule has 2 rings (SSSR count). The van der Waals surface area contributed by atoms with E-state index in [0.717, 1.165) is 5.56 Å². The van der Waals surface area contributed by atoms with E-state index in [-0.39, 0.29) is 5.91 Å². The summed E-state index contributed by atoms with van der Waals surface area (Å²) in [5.41, 5.74) is 6.91. The number of carbonyl (C=O) groups is 1. The Bertz CT molecular complexity index is 521. The molecule has 1 amide bonds. The molecule has 0 bridgehead atoms. The minimum absolute atomic E-state index is 0.229. The lowest BCUT2D eigenvalue weighted by molar-refractivity contribution is -0.117. The van der Waals surface area contributed by atoms with Gasteiger partial charge in [-0.05, 0) is 12.0 Å². The number of aromatic nitrogens is 2. The average Bonchev–Trinajstić information content (AvgIpc) is 2.76. The third-order valence-corrected chi connectivity index (χ3v) is 2.69. The standard InChI is InChI=1S/C13H16N4O/c1-17-8-7-15-13(17)16-12(18)11(14)9-10-5-3-2-4-6-10/h2-8,11H,9,14H2,1H3,(H,15,16,18). The summed E-state index contributed by atoms with van der Waals surface area (Å²) in [5, 5.41) is 2.70. The lowest BCUT2D eigenvalue weighted by Gasteiger charge is -2.11. The van der Waals surface area contributed by atoms with Gasteiger partial charge in [-0.1, -0.05) is 30.3 Å². The second-order valence-electron chi connectivity index (χ2n) is 4.15. The highest BCUT2D eigenvalue weighted by Gasteiger charge is 2.15. The zero-order valence-corrected chi connectivity index (χ0v) is 10.2. The highest BCUT2D eigenvalue weighted by Crippen LogP contribution is 2.05. The number of hydrogen-bond donors (Lipinski definition) is 2. The van der Waals surface area contributed by atoms with E-state index in [1.165, 1.54) is 0 Å². The lowest BCUT2D eigenvalue weighted by Crippen LogP contribution is -2.38. The van der Waals surface area contributed by atoms with E-state index in [1.807, 2.05) is 37.4 Å². The molecular weight excluding hydrogens is 228 g/mol. The Balaban J connectivity index is 1.95. The lowest BCUT2D eigenvalue weighted by atomic mass is 10.1. The second kappa shape index (κ2) is 5.46. The van der Waals surface area contributed by atoms with Crippen LogP contribution in [0.5, 0.6) is 0 Å². The van der Waals surface area contributed by atoms with Crippen molar-refractivity contribution in [2.75, 3.05) is 5.32 Å². The number of hydrogen-bond acceptors (Lipinski definition) is 3. The maximum Gasteiger partial charge on any atom is 0.243 e. The fourth-order valence-corrected chi connectivity index (χ4v) is 1.65. The first-order valence-electron chi connectivity index (χ1n) is 5.74. The van der Waals surface area contributed by atoms with Crippen molar-refractivity contribution in [3.8, 4) is 0 Å². The zero-order chi connectivity index (χ0) is 13.0. The van der Waals surface area contributed by atoms with Gasteiger partial charge in [-0.3, -0.25) is 10.1 Å². The van der Waals surface area contributed by atoms with Crippen LogP contribution in [0.1, 0.15) is 5.56 Å². The molecule has 0 saturated heterocycles. The number of rotatable bonds is 4. The third-order valence-electron chi connectivity index (χ3n) is 2.69. The van der Waals surface area contributed by atoms with E-state index in [2.05, 4.69) is 10.3 Å². The Kier molecular flexibility index (Phi) is 3.74. The predicted molar refractivity (Wildman–Crippen MR) is 70.0 cm³/mol. The summed E-state index contributed by atoms with van der Waals surface area (Å²) in [6.07, 6.45) is 3.90. The van der Waals surface area contributed by atoms with Gasteiger partial charge in [0, 0.05) is 19.4 Å². The fourth-order valence-electron chi connectivity index (χ4n) is 1.65. The number of benzene rings is 1. The minimum Gasteiger partial charge on any atom is -0.320 e. The number of imidazole rings is 1. The second-order valence-corrected chi connectivity index (χ2v) is 4.15. The normalized spacial score (nSPS) is 12.1. The topological polar surface area (TPSA) is 72.9 Å². The summed E-state index contributed by atoms with van der Waals surface area (Å²) in [5.74, 6) is 0.275. The minimum atomic E-state index is -0.580. The first-order chi connectivity index (χ1) is 8.66. The molecule has 5 heteroatoms. The van der Waals surface area contributed by atoms with E-state index in [4.69, 9.17) is 5.73 Å². The van der Waals surface area contributed by atoms with Crippen LogP contribution in [0.25, 0.3) is 0 Å². The molecule has 0 aliphatic rings. The number of nitrogens with one attached hydrogen (secondary N) is 1. The highest BCUT2D eigenvalue weighted by atomic mass is 16.2. The van der Waals surface area contributed by atoms with E-state index in [1.54, 1.807) is 17.0 Å². The van der Waals surface area contributed by atoms with Gasteiger partial charge in [-0.15, -0.1) is 0 Å². The molecule has 3 N–H and O–H groups in total. The van der Waals surface area contributed by atoms with Crippen molar-refractivity contribution in [3.05, 3.63) is 48.3 Å². The van der Waals surface area contributed by atoms with Gasteiger partial charge in [0.1, 0.15) is 0 Å². The van der Waals surface area contributed by atoms with Gasteiger partial charge in [-0.2, -0.15) is 0 Å². The van der Waals surface area contributed by atoms with Crippen molar-refractivity contribution in [2.45, 2.75) is 12.5 Å². The van der Waals surface area contributed by atoms with E-state index >= 15 is 0 Å². The molecule has 0 radical (unpaired) electrons. The van der Waals surface area contributed by atoms with Crippen molar-refractivity contribution < 1.29 is 4.79 Å². The van der Waals surface area contributed by atoms with E-state index < -0.39 is 6.04 Å². The molecule has 0 spiro atoms. The van der Waals surface area contributed by atoms with Crippen LogP contribution in [0, 0.1) is 0 Å². The smallest absolute Gasteiger partial charge is 0.243 e. The molecule has 5 nitrogen and oxygen atoms in total. The van der Waals surface area contributed by atoms with Crippen molar-refractivity contribution in [2.24, 2.45) is 12.8 Å². The number of nitrogens with two attached hydrogens (primary N) is 1. The van der Waals surface area contributed by atoms with Crippen LogP contribution in [0.3, 0.4) is 0 Å². The Morgan fingerprint density at radius 1 is 1.44 bits per heavy atom. The van der Waals surface area contributed by atoms with Gasteiger partial charge in [-0.25, -0.2) is 4.98 Å². The van der Waals surface area contributed by atoms with Crippen LogP contribution >= 0.6 is 0 Å². The summed E-state index contributed by atoms with van der Waals surface area (Å²) in [6.45, 7) is 0. The summed E-state index contributed by atoms with van der Waals surface area (Å²) in [4.78, 5) is 15.9. The molecule has 1 heterocycles. The zero-order valence-electron chi connectivity index (χ0n) is 10.2. The van der Waals surface area contributed by atoms with Gasteiger partial charge in [0.25, 0.3) is 0 Å². The number of carbonyl (C=O) groups excluding carboxylic acids is 1. The van der Waals surface area contributed by atoms with Gasteiger partial charge >= 0.3 is 0 Å². The van der Waals surface area contributed by atoms with Gasteiger partial charge in [0.15, 0.2) is 0 Å². The van der Waals surface area contributed by atoms with Crippen LogP contribution in [0.4, 0.5) is 5.95 Å². The quantitative estimate of drug-likeness (QED) is 0.840. The highest BCUT2D eigenvalue weighted by molar-refractivity contribution is 5.93. The van der Waals surface area contributed by atoms with Crippen LogP contribution in [-0.4, -0.2) is 21.5 Å². The molecule has 1 aromatic carbocycles. The number of anilines is 1. The Morgan fingerprint density at radius 3 is 2.78 bits per heavy atom. The SMILES string of the molecule is Cn1ccnc1NC(=O)C(N)Cc1ccccc1. The van der Waals surface area contributed by atoms with Crippen molar-refractivity contribution in [1.29, 1.82) is 0 Å². The fraction of sp³-hybridized carbons (Fsp3) is 0.231. The largest absolute Gasteiger partial charge is 0.320 e. The maximum atomic E-state index is 11.9. The monoisotopic (exact) mass is 244 g/mol. The molecule has 0 aliphatic carbocycles. The molecule has 0 saturated carbocycles. The Hall–Kier alpha value is -2.14. The summed E-state index contributed by atoms with van der Waals surface area (Å²) in [6, 6.07) is 9.12. The molecule has 18 heavy (non-hydrogen) atoms. The van der Waals surface area contributed by atoms with Gasteiger partial charge in [0.05, 0.1) is 6.04 Å². The molecular formula is C13H16N4O. The van der Waals surface area contributed by atoms with Crippen molar-refractivity contribution in [3.63, 3.8) is 0 Å². The molecule has 1 atom stereocenters. The maximum absolute atomic E-state index is 11.9. The molecule has 94 valence electrons. The average molecular weight is 244 g/mol. The van der Waals surface area contributed by atoms with Crippen molar-refractivity contribution in [1.82, 2.24) is 9.55 Å². The number of aryl methyl sites for hydroxylation is 1. The van der Waals surface area contributed by atoms with Crippen LogP contribution in [0.2, 0.25) is 0 Å². The first-order valence-corrected chi connectivity index (χ1v) is 5.74. The number of amides is 1. The van der Waals surface area contributed by atoms with E-state index in [9.17, 15) is 4.79 Å². The molecule has 0 fully saturated rings.